The molecule has 0 aliphatic heterocycles. The van der Waals surface area contributed by atoms with E-state index in [1.807, 2.05) is 25.1 Å². The van der Waals surface area contributed by atoms with Crippen LogP contribution in [0.5, 0.6) is 11.5 Å². The normalized spacial score (nSPS) is 10.2. The van der Waals surface area contributed by atoms with Crippen molar-refractivity contribution in [3.63, 3.8) is 0 Å². The van der Waals surface area contributed by atoms with E-state index in [1.165, 1.54) is 11.3 Å². The fourth-order valence-corrected chi connectivity index (χ4v) is 2.75. The second-order valence-electron chi connectivity index (χ2n) is 4.18. The summed E-state index contributed by atoms with van der Waals surface area (Å²) in [6.07, 6.45) is 0.665. The van der Waals surface area contributed by atoms with Gasteiger partial charge in [-0.25, -0.2) is 10.8 Å². The lowest BCUT2D eigenvalue weighted by atomic mass is 10.3. The molecule has 0 spiro atoms. The largest absolute Gasteiger partial charge is 0.497 e. The van der Waals surface area contributed by atoms with Crippen molar-refractivity contribution >= 4 is 17.2 Å². The number of aryl methyl sites for hydroxylation is 1. The van der Waals surface area contributed by atoms with E-state index in [0.29, 0.717) is 23.7 Å². The van der Waals surface area contributed by atoms with Crippen LogP contribution in [0.2, 0.25) is 0 Å². The van der Waals surface area contributed by atoms with Crippen LogP contribution in [0.15, 0.2) is 24.3 Å². The maximum atomic E-state index is 11.6. The second-order valence-corrected chi connectivity index (χ2v) is 5.26. The molecule has 112 valence electrons. The van der Waals surface area contributed by atoms with E-state index >= 15 is 0 Å². The molecule has 3 N–H and O–H groups in total. The summed E-state index contributed by atoms with van der Waals surface area (Å²) in [5.74, 6) is 6.26. The van der Waals surface area contributed by atoms with Crippen LogP contribution in [-0.2, 0) is 13.0 Å². The molecular weight excluding hydrogens is 290 g/mol. The average molecular weight is 307 g/mol. The number of nitrogen functional groups attached to an aromatic ring is 1. The Hall–Kier alpha value is -2.12. The number of aromatic nitrogens is 1. The van der Waals surface area contributed by atoms with Crippen LogP contribution >= 0.6 is 11.3 Å². The zero-order valence-corrected chi connectivity index (χ0v) is 12.7. The van der Waals surface area contributed by atoms with Crippen LogP contribution in [0, 0.1) is 0 Å². The van der Waals surface area contributed by atoms with E-state index < -0.39 is 0 Å². The van der Waals surface area contributed by atoms with Crippen LogP contribution in [0.1, 0.15) is 27.3 Å². The quantitative estimate of drug-likeness (QED) is 0.483. The van der Waals surface area contributed by atoms with Crippen LogP contribution < -0.4 is 20.7 Å². The van der Waals surface area contributed by atoms with Crippen molar-refractivity contribution in [2.24, 2.45) is 5.84 Å². The van der Waals surface area contributed by atoms with Crippen molar-refractivity contribution in [2.75, 3.05) is 7.11 Å². The first-order valence-corrected chi connectivity index (χ1v) is 7.26. The Bertz CT molecular complexity index is 628. The highest BCUT2D eigenvalue weighted by Gasteiger charge is 2.16. The van der Waals surface area contributed by atoms with Gasteiger partial charge in [-0.2, -0.15) is 0 Å². The first kappa shape index (κ1) is 15.3. The number of methoxy groups -OCH3 is 1. The van der Waals surface area contributed by atoms with Gasteiger partial charge in [0, 0.05) is 6.07 Å². The summed E-state index contributed by atoms with van der Waals surface area (Å²) >= 11 is 1.29. The topological polar surface area (TPSA) is 86.5 Å². The zero-order chi connectivity index (χ0) is 15.2. The van der Waals surface area contributed by atoms with Gasteiger partial charge in [-0.05, 0) is 18.6 Å². The molecule has 2 rings (SSSR count). The number of hydrogen-bond acceptors (Lipinski definition) is 6. The van der Waals surface area contributed by atoms with Crippen LogP contribution in [0.25, 0.3) is 0 Å². The number of nitrogens with zero attached hydrogens (tertiary/aromatic N) is 1. The lowest BCUT2D eigenvalue weighted by Gasteiger charge is -2.05. The van der Waals surface area contributed by atoms with E-state index in [1.54, 1.807) is 13.2 Å². The fraction of sp³-hybridized carbons (Fsp3) is 0.286. The van der Waals surface area contributed by atoms with Gasteiger partial charge in [0.2, 0.25) is 0 Å². The third kappa shape index (κ3) is 3.71. The molecule has 1 amide bonds. The predicted molar refractivity (Wildman–Crippen MR) is 80.5 cm³/mol. The Labute approximate surface area is 126 Å². The highest BCUT2D eigenvalue weighted by molar-refractivity contribution is 7.13. The fourth-order valence-electron chi connectivity index (χ4n) is 1.78. The van der Waals surface area contributed by atoms with E-state index in [0.717, 1.165) is 16.5 Å². The van der Waals surface area contributed by atoms with E-state index in [2.05, 4.69) is 10.4 Å². The maximum Gasteiger partial charge on any atom is 0.277 e. The van der Waals surface area contributed by atoms with Gasteiger partial charge in [0.15, 0.2) is 0 Å². The van der Waals surface area contributed by atoms with Gasteiger partial charge < -0.3 is 9.47 Å². The highest BCUT2D eigenvalue weighted by atomic mass is 32.1. The summed E-state index contributed by atoms with van der Waals surface area (Å²) in [5, 5.41) is 0.730. The number of carbonyl (C=O) groups is 1. The van der Waals surface area contributed by atoms with E-state index in [4.69, 9.17) is 15.3 Å². The molecule has 0 saturated heterocycles. The van der Waals surface area contributed by atoms with E-state index in [-0.39, 0.29) is 5.91 Å². The molecule has 0 fully saturated rings. The minimum atomic E-state index is -0.322. The summed E-state index contributed by atoms with van der Waals surface area (Å²) in [4.78, 5) is 16.6. The molecule has 0 atom stereocenters. The first-order chi connectivity index (χ1) is 10.2. The molecule has 1 aromatic heterocycles. The summed E-state index contributed by atoms with van der Waals surface area (Å²) in [6, 6.07) is 7.32. The molecule has 1 heterocycles. The Morgan fingerprint density at radius 2 is 2.19 bits per heavy atom. The van der Waals surface area contributed by atoms with Gasteiger partial charge in [-0.15, -0.1) is 11.3 Å². The molecular formula is C14H17N3O3S. The molecule has 0 bridgehead atoms. The van der Waals surface area contributed by atoms with Crippen molar-refractivity contribution in [2.45, 2.75) is 20.0 Å². The molecule has 0 aliphatic carbocycles. The number of hydrazine groups is 1. The number of carbonyl (C=O) groups excluding carboxylic acids is 1. The zero-order valence-electron chi connectivity index (χ0n) is 11.9. The monoisotopic (exact) mass is 307 g/mol. The summed E-state index contributed by atoms with van der Waals surface area (Å²) in [7, 11) is 1.60. The SMILES string of the molecule is CCc1nc(COc2cccc(OC)c2)sc1C(=O)NN. The molecule has 6 nitrogen and oxygen atoms in total. The molecule has 0 unspecified atom stereocenters. The number of ether oxygens (including phenoxy) is 2. The van der Waals surface area contributed by atoms with Crippen molar-refractivity contribution in [3.8, 4) is 11.5 Å². The first-order valence-electron chi connectivity index (χ1n) is 6.44. The van der Waals surface area contributed by atoms with Gasteiger partial charge in [0.1, 0.15) is 28.0 Å². The Balaban J connectivity index is 2.09. The number of thiazole rings is 1. The van der Waals surface area contributed by atoms with Crippen LogP contribution in [0.4, 0.5) is 0 Å². The van der Waals surface area contributed by atoms with Crippen molar-refractivity contribution in [1.29, 1.82) is 0 Å². The Kier molecular flexibility index (Phi) is 5.13. The lowest BCUT2D eigenvalue weighted by molar-refractivity contribution is 0.0956. The number of rotatable bonds is 6. The van der Waals surface area contributed by atoms with Gasteiger partial charge in [-0.3, -0.25) is 10.2 Å². The summed E-state index contributed by atoms with van der Waals surface area (Å²) in [6.45, 7) is 2.23. The highest BCUT2D eigenvalue weighted by Crippen LogP contribution is 2.23. The van der Waals surface area contributed by atoms with Crippen molar-refractivity contribution < 1.29 is 14.3 Å². The number of hydrogen-bond donors (Lipinski definition) is 2. The van der Waals surface area contributed by atoms with Crippen LogP contribution in [0.3, 0.4) is 0 Å². The lowest BCUT2D eigenvalue weighted by Crippen LogP contribution is -2.30. The predicted octanol–water partition coefficient (Wildman–Crippen LogP) is 1.90. The number of nitrogens with two attached hydrogens (primary N) is 1. The third-order valence-corrected chi connectivity index (χ3v) is 3.89. The molecule has 0 saturated carbocycles. The smallest absolute Gasteiger partial charge is 0.277 e. The third-order valence-electron chi connectivity index (χ3n) is 2.82. The average Bonchev–Trinajstić information content (AvgIpc) is 2.95. The van der Waals surface area contributed by atoms with Crippen molar-refractivity contribution in [1.82, 2.24) is 10.4 Å². The molecule has 0 aliphatic rings. The van der Waals surface area contributed by atoms with Crippen molar-refractivity contribution in [3.05, 3.63) is 39.8 Å². The van der Waals surface area contributed by atoms with Gasteiger partial charge in [0.05, 0.1) is 12.8 Å². The van der Waals surface area contributed by atoms with Gasteiger partial charge in [0.25, 0.3) is 5.91 Å². The molecule has 2 aromatic rings. The van der Waals surface area contributed by atoms with Gasteiger partial charge in [-0.1, -0.05) is 13.0 Å². The summed E-state index contributed by atoms with van der Waals surface area (Å²) in [5.41, 5.74) is 2.86. The molecule has 7 heteroatoms. The minimum absolute atomic E-state index is 0.294. The minimum Gasteiger partial charge on any atom is -0.497 e. The molecule has 21 heavy (non-hydrogen) atoms. The standard InChI is InChI=1S/C14H17N3O3S/c1-3-11-13(14(18)17-15)21-12(16-11)8-20-10-6-4-5-9(7-10)19-2/h4-7H,3,8,15H2,1-2H3,(H,17,18). The second kappa shape index (κ2) is 7.05. The summed E-state index contributed by atoms with van der Waals surface area (Å²) < 4.78 is 10.8. The van der Waals surface area contributed by atoms with E-state index in [9.17, 15) is 4.79 Å². The Morgan fingerprint density at radius 3 is 2.86 bits per heavy atom. The maximum absolute atomic E-state index is 11.6. The molecule has 0 radical (unpaired) electrons. The number of nitrogens with one attached hydrogen (secondary N) is 1. The number of benzene rings is 1. The number of amides is 1. The van der Waals surface area contributed by atoms with Gasteiger partial charge >= 0.3 is 0 Å². The van der Waals surface area contributed by atoms with Crippen LogP contribution in [-0.4, -0.2) is 18.0 Å². The Morgan fingerprint density at radius 1 is 1.43 bits per heavy atom. The molecule has 1 aromatic carbocycles.